The molecular weight excluding hydrogens is 372 g/mol. The minimum Gasteiger partial charge on any atom is -0.330 e. The highest BCUT2D eigenvalue weighted by atomic mass is 16.2. The van der Waals surface area contributed by atoms with Gasteiger partial charge in [-0.1, -0.05) is 36.4 Å². The largest absolute Gasteiger partial charge is 0.330 e. The number of fused-ring (bicyclic) bond motifs is 1. The SMILES string of the molecule is O=C(Nc1cccc2ccccc12)C1CCCN1C(=O)C12CC3CC(CC(C3)C1)C2. The lowest BCUT2D eigenvalue weighted by molar-refractivity contribution is -0.159. The molecule has 1 N–H and O–H groups in total. The molecule has 30 heavy (non-hydrogen) atoms. The topological polar surface area (TPSA) is 49.4 Å². The van der Waals surface area contributed by atoms with Crippen molar-refractivity contribution < 1.29 is 9.59 Å². The molecule has 0 radical (unpaired) electrons. The fourth-order valence-electron chi connectivity index (χ4n) is 7.51. The zero-order valence-corrected chi connectivity index (χ0v) is 17.5. The third-order valence-corrected chi connectivity index (χ3v) is 8.36. The average Bonchev–Trinajstić information content (AvgIpc) is 3.22. The van der Waals surface area contributed by atoms with Crippen LogP contribution in [0.1, 0.15) is 51.4 Å². The lowest BCUT2D eigenvalue weighted by atomic mass is 9.49. The maximum atomic E-state index is 13.8. The third-order valence-electron chi connectivity index (χ3n) is 8.36. The average molecular weight is 403 g/mol. The number of hydrogen-bond acceptors (Lipinski definition) is 2. The van der Waals surface area contributed by atoms with Crippen molar-refractivity contribution in [1.82, 2.24) is 4.90 Å². The third kappa shape index (κ3) is 2.87. The number of anilines is 1. The number of hydrogen-bond donors (Lipinski definition) is 1. The summed E-state index contributed by atoms with van der Waals surface area (Å²) in [5.74, 6) is 2.49. The van der Waals surface area contributed by atoms with Gasteiger partial charge < -0.3 is 10.2 Å². The molecule has 2 amide bonds. The summed E-state index contributed by atoms with van der Waals surface area (Å²) in [4.78, 5) is 29.1. The molecule has 156 valence electrons. The van der Waals surface area contributed by atoms with E-state index in [0.29, 0.717) is 0 Å². The van der Waals surface area contributed by atoms with Gasteiger partial charge in [-0.2, -0.15) is 0 Å². The van der Waals surface area contributed by atoms with Crippen molar-refractivity contribution in [2.45, 2.75) is 57.4 Å². The van der Waals surface area contributed by atoms with E-state index in [4.69, 9.17) is 0 Å². The maximum Gasteiger partial charge on any atom is 0.247 e. The number of nitrogens with one attached hydrogen (secondary N) is 1. The minimum atomic E-state index is -0.329. The summed E-state index contributed by atoms with van der Waals surface area (Å²) in [5, 5.41) is 5.31. The van der Waals surface area contributed by atoms with E-state index in [0.717, 1.165) is 72.9 Å². The standard InChI is InChI=1S/C26H30N2O2/c29-24(27-22-8-3-6-20-5-1-2-7-21(20)22)23-9-4-10-28(23)25(30)26-14-17-11-18(15-26)13-19(12-17)16-26/h1-3,5-8,17-19,23H,4,9-16H2,(H,27,29). The van der Waals surface area contributed by atoms with Crippen molar-refractivity contribution in [1.29, 1.82) is 0 Å². The summed E-state index contributed by atoms with van der Waals surface area (Å²) in [5.41, 5.74) is 0.670. The second-order valence-corrected chi connectivity index (χ2v) is 10.4. The maximum absolute atomic E-state index is 13.8. The summed E-state index contributed by atoms with van der Waals surface area (Å²) >= 11 is 0. The van der Waals surface area contributed by atoms with Crippen molar-refractivity contribution in [3.63, 3.8) is 0 Å². The Balaban J connectivity index is 1.24. The van der Waals surface area contributed by atoms with Gasteiger partial charge in [0.25, 0.3) is 0 Å². The second-order valence-electron chi connectivity index (χ2n) is 10.4. The summed E-state index contributed by atoms with van der Waals surface area (Å²) in [6, 6.07) is 13.8. The zero-order valence-electron chi connectivity index (χ0n) is 17.5. The van der Waals surface area contributed by atoms with Crippen molar-refractivity contribution in [2.75, 3.05) is 11.9 Å². The van der Waals surface area contributed by atoms with E-state index in [1.54, 1.807) is 0 Å². The van der Waals surface area contributed by atoms with Crippen LogP contribution >= 0.6 is 0 Å². The van der Waals surface area contributed by atoms with E-state index < -0.39 is 0 Å². The number of carbonyl (C=O) groups excluding carboxylic acids is 2. The van der Waals surface area contributed by atoms with Crippen LogP contribution in [0.15, 0.2) is 42.5 Å². The zero-order chi connectivity index (χ0) is 20.3. The summed E-state index contributed by atoms with van der Waals surface area (Å²) < 4.78 is 0. The molecule has 4 aliphatic carbocycles. The van der Waals surface area contributed by atoms with Gasteiger partial charge in [-0.25, -0.2) is 0 Å². The fourth-order valence-corrected chi connectivity index (χ4v) is 7.51. The van der Waals surface area contributed by atoms with Crippen LogP contribution in [0.4, 0.5) is 5.69 Å². The highest BCUT2D eigenvalue weighted by molar-refractivity contribution is 6.05. The van der Waals surface area contributed by atoms with E-state index in [2.05, 4.69) is 17.4 Å². The van der Waals surface area contributed by atoms with E-state index in [9.17, 15) is 9.59 Å². The predicted molar refractivity (Wildman–Crippen MR) is 118 cm³/mol. The van der Waals surface area contributed by atoms with Crippen LogP contribution in [0.25, 0.3) is 10.8 Å². The Bertz CT molecular complexity index is 972. The van der Waals surface area contributed by atoms with E-state index in [1.807, 2.05) is 35.2 Å². The molecule has 2 aromatic carbocycles. The van der Waals surface area contributed by atoms with E-state index >= 15 is 0 Å². The lowest BCUT2D eigenvalue weighted by Crippen LogP contribution is -2.56. The normalized spacial score (nSPS) is 34.5. The first-order valence-corrected chi connectivity index (χ1v) is 11.7. The molecule has 1 aliphatic heterocycles. The molecule has 4 heteroatoms. The van der Waals surface area contributed by atoms with Crippen LogP contribution in [-0.4, -0.2) is 29.3 Å². The van der Waals surface area contributed by atoms with E-state index in [-0.39, 0.29) is 23.3 Å². The fraction of sp³-hybridized carbons (Fsp3) is 0.538. The molecule has 4 saturated carbocycles. The van der Waals surface area contributed by atoms with Gasteiger partial charge in [-0.05, 0) is 80.6 Å². The first kappa shape index (κ1) is 18.4. The molecule has 0 spiro atoms. The van der Waals surface area contributed by atoms with Gasteiger partial charge in [0.2, 0.25) is 11.8 Å². The quantitative estimate of drug-likeness (QED) is 0.787. The molecule has 2 aromatic rings. The van der Waals surface area contributed by atoms with Crippen molar-refractivity contribution in [3.8, 4) is 0 Å². The summed E-state index contributed by atoms with van der Waals surface area (Å²) in [7, 11) is 0. The van der Waals surface area contributed by atoms with E-state index in [1.165, 1.54) is 19.3 Å². The molecule has 4 bridgehead atoms. The van der Waals surface area contributed by atoms with Crippen LogP contribution in [0, 0.1) is 23.2 Å². The van der Waals surface area contributed by atoms with Gasteiger partial charge in [0.1, 0.15) is 6.04 Å². The van der Waals surface area contributed by atoms with Gasteiger partial charge in [-0.3, -0.25) is 9.59 Å². The Kier molecular flexibility index (Phi) is 4.19. The van der Waals surface area contributed by atoms with Crippen LogP contribution in [0.3, 0.4) is 0 Å². The summed E-state index contributed by atoms with van der Waals surface area (Å²) in [6.07, 6.45) is 8.87. The number of likely N-dealkylation sites (tertiary alicyclic amines) is 1. The Morgan fingerprint density at radius 2 is 1.57 bits per heavy atom. The van der Waals surface area contributed by atoms with Crippen molar-refractivity contribution in [3.05, 3.63) is 42.5 Å². The number of amides is 2. The molecule has 1 heterocycles. The van der Waals surface area contributed by atoms with Gasteiger partial charge in [-0.15, -0.1) is 0 Å². The lowest BCUT2D eigenvalue weighted by Gasteiger charge is -2.56. The van der Waals surface area contributed by atoms with Crippen LogP contribution in [0.2, 0.25) is 0 Å². The minimum absolute atomic E-state index is 0.0260. The Morgan fingerprint density at radius 1 is 0.900 bits per heavy atom. The van der Waals surface area contributed by atoms with Crippen LogP contribution in [0.5, 0.6) is 0 Å². The molecule has 7 rings (SSSR count). The van der Waals surface area contributed by atoms with Gasteiger partial charge in [0, 0.05) is 17.6 Å². The number of carbonyl (C=O) groups is 2. The summed E-state index contributed by atoms with van der Waals surface area (Å²) in [6.45, 7) is 0.730. The number of benzene rings is 2. The predicted octanol–water partition coefficient (Wildman–Crippen LogP) is 4.99. The van der Waals surface area contributed by atoms with Gasteiger partial charge >= 0.3 is 0 Å². The molecule has 1 saturated heterocycles. The Labute approximate surface area is 178 Å². The number of rotatable bonds is 3. The molecular formula is C26H30N2O2. The first-order valence-electron chi connectivity index (χ1n) is 11.7. The molecule has 1 unspecified atom stereocenters. The monoisotopic (exact) mass is 402 g/mol. The highest BCUT2D eigenvalue weighted by Crippen LogP contribution is 2.60. The molecule has 0 aromatic heterocycles. The molecule has 5 fully saturated rings. The first-order chi connectivity index (χ1) is 14.6. The van der Waals surface area contributed by atoms with Crippen LogP contribution in [-0.2, 0) is 9.59 Å². The Hall–Kier alpha value is -2.36. The molecule has 5 aliphatic rings. The second kappa shape index (κ2) is 6.83. The Morgan fingerprint density at radius 3 is 2.30 bits per heavy atom. The number of nitrogens with zero attached hydrogens (tertiary/aromatic N) is 1. The molecule has 4 nitrogen and oxygen atoms in total. The molecule has 1 atom stereocenters. The van der Waals surface area contributed by atoms with Crippen LogP contribution < -0.4 is 5.32 Å². The van der Waals surface area contributed by atoms with Gasteiger partial charge in [0.05, 0.1) is 5.41 Å². The van der Waals surface area contributed by atoms with Gasteiger partial charge in [0.15, 0.2) is 0 Å². The van der Waals surface area contributed by atoms with Crippen molar-refractivity contribution >= 4 is 28.3 Å². The smallest absolute Gasteiger partial charge is 0.247 e. The highest BCUT2D eigenvalue weighted by Gasteiger charge is 2.56. The van der Waals surface area contributed by atoms with Crippen molar-refractivity contribution in [2.24, 2.45) is 23.2 Å².